The molecule has 2 N–H and O–H groups in total. The summed E-state index contributed by atoms with van der Waals surface area (Å²) in [5, 5.41) is 13.7. The summed E-state index contributed by atoms with van der Waals surface area (Å²) >= 11 is 0. The molecule has 0 heterocycles. The van der Waals surface area contributed by atoms with E-state index in [0.29, 0.717) is 11.5 Å². The van der Waals surface area contributed by atoms with E-state index in [1.807, 2.05) is 39.8 Å². The predicted molar refractivity (Wildman–Crippen MR) is 98.1 cm³/mol. The van der Waals surface area contributed by atoms with E-state index in [-0.39, 0.29) is 30.4 Å². The monoisotopic (exact) mass is 345 g/mol. The van der Waals surface area contributed by atoms with Crippen molar-refractivity contribution in [2.24, 2.45) is 0 Å². The second-order valence-corrected chi connectivity index (χ2v) is 6.16. The minimum Gasteiger partial charge on any atom is -0.502 e. The fraction of sp³-hybridized carbons (Fsp3) is 0.667. The third kappa shape index (κ3) is 8.33. The molecule has 0 aromatic heterocycles. The fourth-order valence-corrected chi connectivity index (χ4v) is 2.16. The summed E-state index contributed by atoms with van der Waals surface area (Å²) < 4.78 is 11.4. The number of nitrogens with one attached hydrogen (secondary N) is 1. The molecule has 134 valence electrons. The van der Waals surface area contributed by atoms with Gasteiger partial charge in [0.05, 0.1) is 12.2 Å². The molecule has 0 radical (unpaired) electrons. The van der Waals surface area contributed by atoms with E-state index >= 15 is 0 Å². The molecule has 0 saturated carbocycles. The predicted octanol–water partition coefficient (Wildman–Crippen LogP) is 4.67. The van der Waals surface area contributed by atoms with Crippen LogP contribution in [0.25, 0.3) is 0 Å². The number of hydrogen-bond donors (Lipinski definition) is 2. The van der Waals surface area contributed by atoms with Crippen molar-refractivity contribution < 1.29 is 14.6 Å². The van der Waals surface area contributed by atoms with Crippen LogP contribution < -0.4 is 14.8 Å². The van der Waals surface area contributed by atoms with Crippen LogP contribution in [0, 0.1) is 0 Å². The molecule has 1 aromatic rings. The molecular formula is C18H32ClNO3. The van der Waals surface area contributed by atoms with Gasteiger partial charge in [-0.1, -0.05) is 19.8 Å². The average molecular weight is 346 g/mol. The van der Waals surface area contributed by atoms with Crippen LogP contribution in [0.5, 0.6) is 17.2 Å². The van der Waals surface area contributed by atoms with E-state index in [1.165, 1.54) is 19.3 Å². The molecule has 0 amide bonds. The van der Waals surface area contributed by atoms with Crippen molar-refractivity contribution in [1.29, 1.82) is 0 Å². The Hall–Kier alpha value is -1.13. The van der Waals surface area contributed by atoms with Gasteiger partial charge in [-0.25, -0.2) is 0 Å². The summed E-state index contributed by atoms with van der Waals surface area (Å²) in [5.74, 6) is 1.05. The molecule has 0 atom stereocenters. The zero-order chi connectivity index (χ0) is 16.5. The van der Waals surface area contributed by atoms with Crippen molar-refractivity contribution in [1.82, 2.24) is 5.32 Å². The molecule has 0 spiro atoms. The smallest absolute Gasteiger partial charge is 0.200 e. The van der Waals surface area contributed by atoms with E-state index < -0.39 is 0 Å². The highest BCUT2D eigenvalue weighted by molar-refractivity contribution is 5.85. The third-order valence-electron chi connectivity index (χ3n) is 3.11. The van der Waals surface area contributed by atoms with Crippen LogP contribution in [0.1, 0.15) is 59.4 Å². The Kier molecular flexibility index (Phi) is 10.9. The lowest BCUT2D eigenvalue weighted by molar-refractivity contribution is 0.210. The number of benzene rings is 1. The van der Waals surface area contributed by atoms with Gasteiger partial charge in [0.1, 0.15) is 0 Å². The largest absolute Gasteiger partial charge is 0.502 e. The molecule has 0 fully saturated rings. The third-order valence-corrected chi connectivity index (χ3v) is 3.11. The molecule has 23 heavy (non-hydrogen) atoms. The van der Waals surface area contributed by atoms with Gasteiger partial charge in [0.15, 0.2) is 11.5 Å². The first kappa shape index (κ1) is 21.9. The lowest BCUT2D eigenvalue weighted by Gasteiger charge is -2.18. The van der Waals surface area contributed by atoms with Crippen LogP contribution >= 0.6 is 12.4 Å². The van der Waals surface area contributed by atoms with Crippen LogP contribution in [0.15, 0.2) is 12.1 Å². The van der Waals surface area contributed by atoms with Crippen LogP contribution in [-0.4, -0.2) is 23.9 Å². The normalized spacial score (nSPS) is 10.7. The number of ether oxygens (including phenoxy) is 2. The van der Waals surface area contributed by atoms with Gasteiger partial charge >= 0.3 is 0 Å². The Morgan fingerprint density at radius 1 is 1.00 bits per heavy atom. The second-order valence-electron chi connectivity index (χ2n) is 6.16. The second kappa shape index (κ2) is 11.4. The van der Waals surface area contributed by atoms with E-state index in [4.69, 9.17) is 9.47 Å². The number of phenols is 1. The molecule has 0 aliphatic heterocycles. The van der Waals surface area contributed by atoms with Gasteiger partial charge in [-0.2, -0.15) is 0 Å². The Morgan fingerprint density at radius 3 is 1.96 bits per heavy atom. The first-order chi connectivity index (χ1) is 10.4. The minimum atomic E-state index is 0. The maximum absolute atomic E-state index is 10.3. The highest BCUT2D eigenvalue weighted by Crippen LogP contribution is 2.38. The summed E-state index contributed by atoms with van der Waals surface area (Å²) in [5.41, 5.74) is 1.06. The van der Waals surface area contributed by atoms with E-state index in [1.54, 1.807) is 0 Å². The Labute approximate surface area is 147 Å². The molecular weight excluding hydrogens is 314 g/mol. The van der Waals surface area contributed by atoms with Crippen LogP contribution in [0.2, 0.25) is 0 Å². The number of phenolic OH excluding ortho intramolecular Hbond substituents is 1. The van der Waals surface area contributed by atoms with Gasteiger partial charge in [-0.15, -0.1) is 12.4 Å². The molecule has 0 unspecified atom stereocenters. The van der Waals surface area contributed by atoms with Crippen LogP contribution in [0.3, 0.4) is 0 Å². The molecule has 4 nitrogen and oxygen atoms in total. The lowest BCUT2D eigenvalue weighted by atomic mass is 10.1. The SMILES string of the molecule is CCCCCNCc1cc(OC(C)C)c(O)c(OC(C)C)c1.Cl. The maximum Gasteiger partial charge on any atom is 0.200 e. The molecule has 0 aliphatic rings. The van der Waals surface area contributed by atoms with E-state index in [0.717, 1.165) is 18.7 Å². The van der Waals surface area contributed by atoms with Crippen molar-refractivity contribution in [3.63, 3.8) is 0 Å². The van der Waals surface area contributed by atoms with Crippen molar-refractivity contribution in [2.45, 2.75) is 72.6 Å². The molecule has 0 bridgehead atoms. The zero-order valence-electron chi connectivity index (χ0n) is 15.0. The zero-order valence-corrected chi connectivity index (χ0v) is 15.8. The van der Waals surface area contributed by atoms with Crippen LogP contribution in [-0.2, 0) is 6.54 Å². The summed E-state index contributed by atoms with van der Waals surface area (Å²) in [7, 11) is 0. The quantitative estimate of drug-likeness (QED) is 0.605. The van der Waals surface area contributed by atoms with E-state index in [2.05, 4.69) is 12.2 Å². The van der Waals surface area contributed by atoms with Crippen molar-refractivity contribution in [3.8, 4) is 17.2 Å². The average Bonchev–Trinajstić information content (AvgIpc) is 2.42. The van der Waals surface area contributed by atoms with Crippen molar-refractivity contribution in [2.75, 3.05) is 6.54 Å². The fourth-order valence-electron chi connectivity index (χ4n) is 2.16. The summed E-state index contributed by atoms with van der Waals surface area (Å²) in [4.78, 5) is 0. The van der Waals surface area contributed by atoms with Crippen molar-refractivity contribution >= 4 is 12.4 Å². The number of unbranched alkanes of at least 4 members (excludes halogenated alkanes) is 2. The Morgan fingerprint density at radius 2 is 1.52 bits per heavy atom. The Balaban J connectivity index is 0.00000484. The number of aromatic hydroxyl groups is 1. The van der Waals surface area contributed by atoms with Gasteiger partial charge in [-0.3, -0.25) is 0 Å². The molecule has 1 rings (SSSR count). The van der Waals surface area contributed by atoms with Gasteiger partial charge in [-0.05, 0) is 58.4 Å². The van der Waals surface area contributed by atoms with Gasteiger partial charge < -0.3 is 19.9 Å². The van der Waals surface area contributed by atoms with Gasteiger partial charge in [0.2, 0.25) is 5.75 Å². The molecule has 5 heteroatoms. The number of halogens is 1. The highest BCUT2D eigenvalue weighted by atomic mass is 35.5. The highest BCUT2D eigenvalue weighted by Gasteiger charge is 2.14. The van der Waals surface area contributed by atoms with Gasteiger partial charge in [0, 0.05) is 6.54 Å². The molecule has 0 saturated heterocycles. The first-order valence-corrected chi connectivity index (χ1v) is 8.34. The summed E-state index contributed by atoms with van der Waals surface area (Å²) in [6, 6.07) is 3.77. The minimum absolute atomic E-state index is 0. The molecule has 1 aromatic carbocycles. The van der Waals surface area contributed by atoms with Crippen LogP contribution in [0.4, 0.5) is 0 Å². The maximum atomic E-state index is 10.3. The Bertz CT molecular complexity index is 419. The number of hydrogen-bond acceptors (Lipinski definition) is 4. The van der Waals surface area contributed by atoms with Crippen molar-refractivity contribution in [3.05, 3.63) is 17.7 Å². The summed E-state index contributed by atoms with van der Waals surface area (Å²) in [6.07, 6.45) is 3.65. The summed E-state index contributed by atoms with van der Waals surface area (Å²) in [6.45, 7) is 11.7. The molecule has 0 aliphatic carbocycles. The van der Waals surface area contributed by atoms with E-state index in [9.17, 15) is 5.11 Å². The first-order valence-electron chi connectivity index (χ1n) is 8.34. The number of rotatable bonds is 10. The standard InChI is InChI=1S/C18H31NO3.ClH/c1-6-7-8-9-19-12-15-10-16(21-13(2)3)18(20)17(11-15)22-14(4)5;/h10-11,13-14,19-20H,6-9,12H2,1-5H3;1H. The van der Waals surface area contributed by atoms with Gasteiger partial charge in [0.25, 0.3) is 0 Å². The topological polar surface area (TPSA) is 50.7 Å². The lowest BCUT2D eigenvalue weighted by Crippen LogP contribution is -2.15.